The Morgan fingerprint density at radius 3 is 2.84 bits per heavy atom. The fraction of sp³-hybridized carbons (Fsp3) is 0. The Balaban J connectivity index is 2.16. The summed E-state index contributed by atoms with van der Waals surface area (Å²) in [7, 11) is 0. The van der Waals surface area contributed by atoms with Gasteiger partial charge in [0.2, 0.25) is 5.56 Å². The van der Waals surface area contributed by atoms with Gasteiger partial charge in [0.15, 0.2) is 0 Å². The number of nitrogens with zero attached hydrogens (tertiary/aromatic N) is 1. The molecule has 1 aromatic carbocycles. The van der Waals surface area contributed by atoms with Crippen LogP contribution in [0.5, 0.6) is 0 Å². The summed E-state index contributed by atoms with van der Waals surface area (Å²) in [6.45, 7) is 0. The first-order chi connectivity index (χ1) is 9.13. The van der Waals surface area contributed by atoms with Crippen LogP contribution in [-0.4, -0.2) is 21.0 Å². The molecule has 5 nitrogen and oxygen atoms in total. The highest BCUT2D eigenvalue weighted by Gasteiger charge is 2.09. The zero-order valence-corrected chi connectivity index (χ0v) is 10.4. The Morgan fingerprint density at radius 1 is 1.26 bits per heavy atom. The third-order valence-electron chi connectivity index (χ3n) is 2.63. The maximum absolute atomic E-state index is 11.3. The summed E-state index contributed by atoms with van der Waals surface area (Å²) in [5.74, 6) is -0.968. The quantitative estimate of drug-likeness (QED) is 0.750. The fourth-order valence-electron chi connectivity index (χ4n) is 1.75. The van der Waals surface area contributed by atoms with Crippen molar-refractivity contribution in [3.8, 4) is 10.7 Å². The molecule has 19 heavy (non-hydrogen) atoms. The van der Waals surface area contributed by atoms with Gasteiger partial charge in [-0.3, -0.25) is 4.79 Å². The van der Waals surface area contributed by atoms with Crippen LogP contribution in [0.15, 0.2) is 41.2 Å². The van der Waals surface area contributed by atoms with Gasteiger partial charge in [-0.25, -0.2) is 9.78 Å². The topological polar surface area (TPSA) is 83.0 Å². The Labute approximate surface area is 111 Å². The third-order valence-corrected chi connectivity index (χ3v) is 3.69. The van der Waals surface area contributed by atoms with E-state index < -0.39 is 5.97 Å². The first-order valence-corrected chi connectivity index (χ1v) is 6.29. The van der Waals surface area contributed by atoms with Crippen molar-refractivity contribution in [3.05, 3.63) is 52.3 Å². The molecule has 0 aliphatic carbocycles. The number of pyridine rings is 1. The number of aromatic amines is 1. The van der Waals surface area contributed by atoms with Crippen molar-refractivity contribution in [2.75, 3.05) is 0 Å². The maximum Gasteiger partial charge on any atom is 0.335 e. The van der Waals surface area contributed by atoms with E-state index in [9.17, 15) is 9.59 Å². The smallest absolute Gasteiger partial charge is 0.335 e. The fourth-order valence-corrected chi connectivity index (χ4v) is 2.73. The van der Waals surface area contributed by atoms with E-state index in [1.165, 1.54) is 23.5 Å². The van der Waals surface area contributed by atoms with E-state index >= 15 is 0 Å². The van der Waals surface area contributed by atoms with Gasteiger partial charge in [0.1, 0.15) is 5.01 Å². The van der Waals surface area contributed by atoms with Crippen molar-refractivity contribution < 1.29 is 9.90 Å². The lowest BCUT2D eigenvalue weighted by Gasteiger charge is -1.92. The number of hydrogen-bond acceptors (Lipinski definition) is 4. The molecule has 0 spiro atoms. The summed E-state index contributed by atoms with van der Waals surface area (Å²) in [6, 6.07) is 9.61. The Hall–Kier alpha value is -2.47. The van der Waals surface area contributed by atoms with Crippen molar-refractivity contribution in [2.45, 2.75) is 0 Å². The summed E-state index contributed by atoms with van der Waals surface area (Å²) < 4.78 is 0.777. The molecule has 0 bridgehead atoms. The molecule has 0 amide bonds. The van der Waals surface area contributed by atoms with E-state index in [1.54, 1.807) is 24.3 Å². The highest BCUT2D eigenvalue weighted by atomic mass is 32.1. The van der Waals surface area contributed by atoms with Crippen LogP contribution in [0.1, 0.15) is 10.4 Å². The molecular formula is C13H8N2O3S. The summed E-state index contributed by atoms with van der Waals surface area (Å²) in [6.07, 6.45) is 0. The zero-order valence-electron chi connectivity index (χ0n) is 9.58. The molecular weight excluding hydrogens is 264 g/mol. The van der Waals surface area contributed by atoms with E-state index in [0.29, 0.717) is 10.7 Å². The summed E-state index contributed by atoms with van der Waals surface area (Å²) in [5.41, 5.74) is 1.38. The lowest BCUT2D eigenvalue weighted by atomic mass is 10.2. The number of fused-ring (bicyclic) bond motifs is 1. The number of thiazole rings is 1. The number of carbonyl (C=O) groups is 1. The van der Waals surface area contributed by atoms with Gasteiger partial charge < -0.3 is 10.1 Å². The molecule has 0 saturated heterocycles. The number of aromatic nitrogens is 2. The number of carboxylic acid groups (broad SMARTS) is 1. The number of carboxylic acids is 1. The van der Waals surface area contributed by atoms with E-state index in [-0.39, 0.29) is 11.1 Å². The molecule has 3 rings (SSSR count). The number of hydrogen-bond donors (Lipinski definition) is 2. The lowest BCUT2D eigenvalue weighted by Crippen LogP contribution is -2.03. The number of nitrogens with one attached hydrogen (secondary N) is 1. The van der Waals surface area contributed by atoms with Gasteiger partial charge >= 0.3 is 5.97 Å². The van der Waals surface area contributed by atoms with Crippen LogP contribution in [0.25, 0.3) is 20.9 Å². The van der Waals surface area contributed by atoms with Crippen molar-refractivity contribution in [1.82, 2.24) is 9.97 Å². The predicted octanol–water partition coefficient (Wildman–Crippen LogP) is 2.35. The van der Waals surface area contributed by atoms with Gasteiger partial charge in [-0.15, -0.1) is 11.3 Å². The average Bonchev–Trinajstić information content (AvgIpc) is 2.81. The molecule has 2 aromatic heterocycles. The predicted molar refractivity (Wildman–Crippen MR) is 72.6 cm³/mol. The van der Waals surface area contributed by atoms with E-state index in [2.05, 4.69) is 9.97 Å². The van der Waals surface area contributed by atoms with Crippen LogP contribution in [0.4, 0.5) is 0 Å². The summed E-state index contributed by atoms with van der Waals surface area (Å²) in [5, 5.41) is 9.60. The van der Waals surface area contributed by atoms with E-state index in [0.717, 1.165) is 10.2 Å². The third kappa shape index (κ3) is 2.13. The van der Waals surface area contributed by atoms with Gasteiger partial charge in [-0.05, 0) is 24.3 Å². The van der Waals surface area contributed by atoms with E-state index in [1.807, 2.05) is 0 Å². The van der Waals surface area contributed by atoms with Crippen molar-refractivity contribution in [2.24, 2.45) is 0 Å². The molecule has 2 N–H and O–H groups in total. The summed E-state index contributed by atoms with van der Waals surface area (Å²) in [4.78, 5) is 29.2. The van der Waals surface area contributed by atoms with Gasteiger partial charge in [0.05, 0.1) is 21.5 Å². The highest BCUT2D eigenvalue weighted by Crippen LogP contribution is 2.29. The minimum absolute atomic E-state index is 0.192. The van der Waals surface area contributed by atoms with Crippen LogP contribution in [0.3, 0.4) is 0 Å². The molecule has 0 saturated carbocycles. The minimum atomic E-state index is -0.968. The monoisotopic (exact) mass is 272 g/mol. The average molecular weight is 272 g/mol. The maximum atomic E-state index is 11.3. The Bertz CT molecular complexity index is 835. The Kier molecular flexibility index (Phi) is 2.64. The number of aromatic carboxylic acids is 1. The second-order valence-corrected chi connectivity index (χ2v) is 4.97. The van der Waals surface area contributed by atoms with Gasteiger partial charge in [0.25, 0.3) is 0 Å². The lowest BCUT2D eigenvalue weighted by molar-refractivity contribution is 0.0697. The van der Waals surface area contributed by atoms with Crippen LogP contribution < -0.4 is 5.56 Å². The number of rotatable bonds is 2. The van der Waals surface area contributed by atoms with Crippen molar-refractivity contribution in [1.29, 1.82) is 0 Å². The molecule has 94 valence electrons. The number of benzene rings is 1. The van der Waals surface area contributed by atoms with Crippen LogP contribution in [0, 0.1) is 0 Å². The normalized spacial score (nSPS) is 10.7. The standard InChI is InChI=1S/C13H8N2O3S/c16-11-3-1-2-9(14-11)12-15-8-5-4-7(13(17)18)6-10(8)19-12/h1-6H,(H,14,16)(H,17,18). The molecule has 0 atom stereocenters. The SMILES string of the molecule is O=C(O)c1ccc2nc(-c3cccc(=O)[nH]3)sc2c1. The second-order valence-electron chi connectivity index (χ2n) is 3.94. The molecule has 0 aliphatic rings. The minimum Gasteiger partial charge on any atom is -0.478 e. The zero-order chi connectivity index (χ0) is 13.4. The molecule has 6 heteroatoms. The van der Waals surface area contributed by atoms with Crippen LogP contribution in [0.2, 0.25) is 0 Å². The van der Waals surface area contributed by atoms with Gasteiger partial charge in [-0.2, -0.15) is 0 Å². The van der Waals surface area contributed by atoms with Crippen LogP contribution in [-0.2, 0) is 0 Å². The molecule has 3 aromatic rings. The van der Waals surface area contributed by atoms with Crippen LogP contribution >= 0.6 is 11.3 Å². The second kappa shape index (κ2) is 4.33. The molecule has 0 unspecified atom stereocenters. The number of H-pyrrole nitrogens is 1. The van der Waals surface area contributed by atoms with Gasteiger partial charge in [-0.1, -0.05) is 6.07 Å². The molecule has 0 fully saturated rings. The summed E-state index contributed by atoms with van der Waals surface area (Å²) >= 11 is 1.35. The van der Waals surface area contributed by atoms with E-state index in [4.69, 9.17) is 5.11 Å². The molecule has 0 aliphatic heterocycles. The first-order valence-electron chi connectivity index (χ1n) is 5.47. The Morgan fingerprint density at radius 2 is 2.11 bits per heavy atom. The van der Waals surface area contributed by atoms with Crippen molar-refractivity contribution >= 4 is 27.5 Å². The highest BCUT2D eigenvalue weighted by molar-refractivity contribution is 7.21. The van der Waals surface area contributed by atoms with Crippen molar-refractivity contribution in [3.63, 3.8) is 0 Å². The molecule has 2 heterocycles. The molecule has 0 radical (unpaired) electrons. The van der Waals surface area contributed by atoms with Gasteiger partial charge in [0, 0.05) is 6.07 Å². The first kappa shape index (κ1) is 11.6. The largest absolute Gasteiger partial charge is 0.478 e.